The average Bonchev–Trinajstić information content (AvgIpc) is 3.01. The number of hydrogen-bond donors (Lipinski definition) is 4. The lowest BCUT2D eigenvalue weighted by Crippen LogP contribution is -2.30. The first-order valence-electron chi connectivity index (χ1n) is 6.38. The van der Waals surface area contributed by atoms with Gasteiger partial charge in [-0.1, -0.05) is 22.6 Å². The summed E-state index contributed by atoms with van der Waals surface area (Å²) < 4.78 is 22.0. The third kappa shape index (κ3) is 3.33. The highest BCUT2D eigenvalue weighted by Crippen LogP contribution is 2.40. The molecule has 126 valence electrons. The van der Waals surface area contributed by atoms with E-state index in [2.05, 4.69) is 19.5 Å². The molecule has 2 aromatic heterocycles. The van der Waals surface area contributed by atoms with Crippen molar-refractivity contribution >= 4 is 47.4 Å². The van der Waals surface area contributed by atoms with Crippen LogP contribution in [0.2, 0.25) is 0 Å². The van der Waals surface area contributed by atoms with Gasteiger partial charge in [0.1, 0.15) is 17.9 Å². The van der Waals surface area contributed by atoms with Crippen molar-refractivity contribution in [1.82, 2.24) is 19.5 Å². The molecule has 0 radical (unpaired) electrons. The molecule has 2 aromatic rings. The third-order valence-electron chi connectivity index (χ3n) is 3.36. The summed E-state index contributed by atoms with van der Waals surface area (Å²) in [5.74, 6) is 0.221. The Kier molecular flexibility index (Phi) is 4.57. The van der Waals surface area contributed by atoms with E-state index in [1.165, 1.54) is 12.7 Å². The largest absolute Gasteiger partial charge is 0.469 e. The quantitative estimate of drug-likeness (QED) is 0.269. The van der Waals surface area contributed by atoms with Crippen molar-refractivity contribution in [2.24, 2.45) is 0 Å². The fourth-order valence-electron chi connectivity index (χ4n) is 2.29. The van der Waals surface area contributed by atoms with E-state index in [9.17, 15) is 9.67 Å². The molecule has 4 atom stereocenters. The Morgan fingerprint density at radius 2 is 2.17 bits per heavy atom. The fraction of sp³-hybridized carbons (Fsp3) is 0.500. The van der Waals surface area contributed by atoms with Crippen LogP contribution in [0.25, 0.3) is 11.2 Å². The average molecular weight is 457 g/mol. The Balaban J connectivity index is 1.85. The number of ether oxygens (including phenoxy) is 1. The molecular weight excluding hydrogens is 444 g/mol. The number of imidazole rings is 1. The second-order valence-corrected chi connectivity index (χ2v) is 7.55. The summed E-state index contributed by atoms with van der Waals surface area (Å²) in [6.07, 6.45) is 0.230. The number of anilines is 1. The second-order valence-electron chi connectivity index (χ2n) is 4.87. The van der Waals surface area contributed by atoms with Gasteiger partial charge in [0.15, 0.2) is 17.7 Å². The maximum absolute atomic E-state index is 10.8. The van der Waals surface area contributed by atoms with Gasteiger partial charge in [0.2, 0.25) is 0 Å². The summed E-state index contributed by atoms with van der Waals surface area (Å²) in [5.41, 5.74) is 6.57. The normalized spacial score (nSPS) is 28.5. The first-order valence-corrected chi connectivity index (χ1v) is 9.16. The van der Waals surface area contributed by atoms with E-state index in [1.807, 2.05) is 22.6 Å². The topological polar surface area (TPSA) is 166 Å². The highest BCUT2D eigenvalue weighted by Gasteiger charge is 2.44. The number of hydrogen-bond acceptors (Lipinski definition) is 8. The summed E-state index contributed by atoms with van der Waals surface area (Å²) in [5, 5.41) is 10.2. The number of nitrogens with zero attached hydrogens (tertiary/aromatic N) is 4. The van der Waals surface area contributed by atoms with Gasteiger partial charge in [-0.15, -0.1) is 0 Å². The number of rotatable bonds is 4. The number of nitrogen functional groups attached to an aromatic ring is 1. The van der Waals surface area contributed by atoms with E-state index in [0.717, 1.165) is 0 Å². The Morgan fingerprint density at radius 1 is 1.43 bits per heavy atom. The molecule has 11 nitrogen and oxygen atoms in total. The van der Waals surface area contributed by atoms with Crippen LogP contribution in [0.5, 0.6) is 0 Å². The van der Waals surface area contributed by atoms with E-state index in [-0.39, 0.29) is 5.82 Å². The van der Waals surface area contributed by atoms with Crippen LogP contribution >= 0.6 is 30.4 Å². The number of nitrogens with two attached hydrogens (primary N) is 1. The lowest BCUT2D eigenvalue weighted by atomic mass is 10.2. The number of halogens is 1. The molecule has 0 spiro atoms. The van der Waals surface area contributed by atoms with Gasteiger partial charge in [-0.2, -0.15) is 0 Å². The van der Waals surface area contributed by atoms with Gasteiger partial charge in [-0.3, -0.25) is 9.09 Å². The van der Waals surface area contributed by atoms with E-state index < -0.39 is 36.8 Å². The number of aliphatic hydroxyl groups is 1. The SMILES string of the molecule is Nc1ncnc2c1ncn2[C@@H]1O[C@H](COP(=O)(O)O)[C@@H](O)[C@H]1I. The van der Waals surface area contributed by atoms with Crippen molar-refractivity contribution in [3.05, 3.63) is 12.7 Å². The van der Waals surface area contributed by atoms with Crippen LogP contribution in [-0.4, -0.2) is 57.2 Å². The minimum absolute atomic E-state index is 0.221. The molecular formula is C10H13IN5O6P. The Hall–Kier alpha value is -0.890. The highest BCUT2D eigenvalue weighted by atomic mass is 127. The summed E-state index contributed by atoms with van der Waals surface area (Å²) in [4.78, 5) is 29.6. The van der Waals surface area contributed by atoms with Crippen molar-refractivity contribution in [2.75, 3.05) is 12.3 Å². The minimum Gasteiger partial charge on any atom is -0.389 e. The van der Waals surface area contributed by atoms with Crippen LogP contribution in [-0.2, 0) is 13.8 Å². The molecule has 1 aliphatic heterocycles. The van der Waals surface area contributed by atoms with Gasteiger partial charge in [0, 0.05) is 0 Å². The maximum atomic E-state index is 10.8. The van der Waals surface area contributed by atoms with Crippen molar-refractivity contribution in [3.8, 4) is 0 Å². The smallest absolute Gasteiger partial charge is 0.389 e. The Labute approximate surface area is 143 Å². The molecule has 0 unspecified atom stereocenters. The van der Waals surface area contributed by atoms with Crippen LogP contribution in [0.1, 0.15) is 6.23 Å². The monoisotopic (exact) mass is 457 g/mol. The number of aromatic nitrogens is 4. The van der Waals surface area contributed by atoms with Gasteiger partial charge in [-0.25, -0.2) is 19.5 Å². The maximum Gasteiger partial charge on any atom is 0.469 e. The fourth-order valence-corrected chi connectivity index (χ4v) is 3.61. The molecule has 1 aliphatic rings. The Morgan fingerprint density at radius 3 is 2.87 bits per heavy atom. The van der Waals surface area contributed by atoms with Gasteiger partial charge in [-0.05, 0) is 0 Å². The minimum atomic E-state index is -4.64. The number of phosphoric ester groups is 1. The molecule has 0 amide bonds. The molecule has 0 aliphatic carbocycles. The van der Waals surface area contributed by atoms with E-state index >= 15 is 0 Å². The predicted molar refractivity (Wildman–Crippen MR) is 85.5 cm³/mol. The summed E-state index contributed by atoms with van der Waals surface area (Å²) in [7, 11) is -4.64. The van der Waals surface area contributed by atoms with Gasteiger partial charge >= 0.3 is 7.82 Å². The molecule has 3 heterocycles. The number of fused-ring (bicyclic) bond motifs is 1. The summed E-state index contributed by atoms with van der Waals surface area (Å²) in [6.45, 7) is -0.439. The van der Waals surface area contributed by atoms with Crippen LogP contribution in [0, 0.1) is 0 Å². The third-order valence-corrected chi connectivity index (χ3v) is 5.20. The highest BCUT2D eigenvalue weighted by molar-refractivity contribution is 14.1. The van der Waals surface area contributed by atoms with Crippen molar-refractivity contribution in [1.29, 1.82) is 0 Å². The first-order chi connectivity index (χ1) is 10.8. The van der Waals surface area contributed by atoms with E-state index in [1.54, 1.807) is 4.57 Å². The molecule has 0 aromatic carbocycles. The van der Waals surface area contributed by atoms with E-state index in [0.29, 0.717) is 11.2 Å². The van der Waals surface area contributed by atoms with Crippen molar-refractivity contribution in [2.45, 2.75) is 22.4 Å². The summed E-state index contributed by atoms with van der Waals surface area (Å²) >= 11 is 1.99. The molecule has 3 rings (SSSR count). The van der Waals surface area contributed by atoms with Crippen LogP contribution in [0.15, 0.2) is 12.7 Å². The Bertz CT molecular complexity index is 767. The molecule has 0 saturated carbocycles. The second kappa shape index (κ2) is 6.20. The number of alkyl halides is 1. The molecule has 1 fully saturated rings. The lowest BCUT2D eigenvalue weighted by Gasteiger charge is -2.16. The van der Waals surface area contributed by atoms with Crippen LogP contribution < -0.4 is 5.73 Å². The number of aliphatic hydroxyl groups excluding tert-OH is 1. The predicted octanol–water partition coefficient (Wildman–Crippen LogP) is -0.420. The molecule has 23 heavy (non-hydrogen) atoms. The van der Waals surface area contributed by atoms with Crippen LogP contribution in [0.3, 0.4) is 0 Å². The van der Waals surface area contributed by atoms with Crippen LogP contribution in [0.4, 0.5) is 5.82 Å². The first kappa shape index (κ1) is 17.0. The van der Waals surface area contributed by atoms with Gasteiger partial charge in [0.25, 0.3) is 0 Å². The molecule has 1 saturated heterocycles. The van der Waals surface area contributed by atoms with Crippen molar-refractivity contribution < 1.29 is 28.7 Å². The number of phosphoric acid groups is 1. The standard InChI is InChI=1S/C10H13IN5O6P/c11-5-7(17)4(1-21-23(18,19)20)22-10(5)16-3-15-6-8(12)13-2-14-9(6)16/h2-5,7,10,17H,1H2,(H2,12,13,14)(H2,18,19,20)/t4-,5-,7-,10-/m1/s1. The molecule has 0 bridgehead atoms. The molecule has 13 heteroatoms. The van der Waals surface area contributed by atoms with Gasteiger partial charge < -0.3 is 25.4 Å². The zero-order valence-electron chi connectivity index (χ0n) is 11.4. The lowest BCUT2D eigenvalue weighted by molar-refractivity contribution is -0.0421. The zero-order valence-corrected chi connectivity index (χ0v) is 14.5. The van der Waals surface area contributed by atoms with Crippen molar-refractivity contribution in [3.63, 3.8) is 0 Å². The van der Waals surface area contributed by atoms with E-state index in [4.69, 9.17) is 20.3 Å². The molecule has 5 N–H and O–H groups in total. The zero-order chi connectivity index (χ0) is 16.8. The summed E-state index contributed by atoms with van der Waals surface area (Å²) in [6, 6.07) is 0. The van der Waals surface area contributed by atoms with Gasteiger partial charge in [0.05, 0.1) is 23.0 Å².